The number of rotatable bonds is 4. The fourth-order valence-electron chi connectivity index (χ4n) is 3.38. The predicted octanol–water partition coefficient (Wildman–Crippen LogP) is 2.50. The van der Waals surface area contributed by atoms with Gasteiger partial charge < -0.3 is 9.42 Å². The molecule has 0 saturated carbocycles. The minimum absolute atomic E-state index is 0.0180. The van der Waals surface area contributed by atoms with Gasteiger partial charge in [-0.2, -0.15) is 9.57 Å². The Kier molecular flexibility index (Phi) is 5.54. The second-order valence-electron chi connectivity index (χ2n) is 6.86. The molecule has 0 unspecified atom stereocenters. The summed E-state index contributed by atoms with van der Waals surface area (Å²) in [5.41, 5.74) is 0.287. The zero-order chi connectivity index (χ0) is 22.0. The maximum absolute atomic E-state index is 13.9. The number of nitrogens with zero attached hydrogens (tertiary/aromatic N) is 4. The third-order valence-corrected chi connectivity index (χ3v) is 6.98. The summed E-state index contributed by atoms with van der Waals surface area (Å²) < 4.78 is 46.1. The van der Waals surface area contributed by atoms with Crippen molar-refractivity contribution in [1.82, 2.24) is 14.4 Å². The lowest BCUT2D eigenvalue weighted by Crippen LogP contribution is -2.50. The summed E-state index contributed by atoms with van der Waals surface area (Å²) in [6.45, 7) is 0.446. The zero-order valence-corrected chi connectivity index (χ0v) is 17.0. The highest BCUT2D eigenvalue weighted by atomic mass is 32.2. The van der Waals surface area contributed by atoms with Gasteiger partial charge in [0.2, 0.25) is 10.0 Å². The lowest BCUT2D eigenvalue weighted by molar-refractivity contribution is 0.0687. The number of carbonyl (C=O) groups is 1. The Labute approximate surface area is 178 Å². The molecule has 10 heteroatoms. The Morgan fingerprint density at radius 3 is 2.45 bits per heavy atom. The van der Waals surface area contributed by atoms with Crippen LogP contribution in [-0.2, 0) is 10.0 Å². The third-order valence-electron chi connectivity index (χ3n) is 5.02. The van der Waals surface area contributed by atoms with E-state index in [0.717, 1.165) is 0 Å². The van der Waals surface area contributed by atoms with E-state index >= 15 is 0 Å². The van der Waals surface area contributed by atoms with Gasteiger partial charge in [0.1, 0.15) is 11.9 Å². The van der Waals surface area contributed by atoms with Gasteiger partial charge in [0.25, 0.3) is 5.91 Å². The van der Waals surface area contributed by atoms with Crippen LogP contribution in [0.2, 0.25) is 0 Å². The molecule has 0 aliphatic carbocycles. The molecule has 2 heterocycles. The average molecular weight is 440 g/mol. The van der Waals surface area contributed by atoms with Crippen molar-refractivity contribution in [3.63, 3.8) is 0 Å². The topological polar surface area (TPSA) is 108 Å². The molecule has 0 atom stereocenters. The van der Waals surface area contributed by atoms with Crippen LogP contribution >= 0.6 is 0 Å². The molecule has 0 spiro atoms. The number of aromatic nitrogens is 1. The second-order valence-corrected chi connectivity index (χ2v) is 8.77. The molecule has 1 aromatic heterocycles. The van der Waals surface area contributed by atoms with E-state index in [1.54, 1.807) is 24.3 Å². The molecule has 0 N–H and O–H groups in total. The van der Waals surface area contributed by atoms with Gasteiger partial charge in [-0.3, -0.25) is 4.79 Å². The summed E-state index contributed by atoms with van der Waals surface area (Å²) in [6.07, 6.45) is 0. The van der Waals surface area contributed by atoms with E-state index < -0.39 is 21.7 Å². The Bertz CT molecular complexity index is 1270. The van der Waals surface area contributed by atoms with E-state index in [1.165, 1.54) is 39.5 Å². The first kappa shape index (κ1) is 20.7. The molecule has 0 radical (unpaired) electrons. The standard InChI is InChI=1S/C21H17FN4O4S/c22-17-7-3-2-6-16(17)19-13-18(24-30-19)21(27)25-9-11-26(12-10-25)31(28,29)20-8-4-1-5-15(20)14-23/h1-8,13H,9-12H2. The van der Waals surface area contributed by atoms with Crippen molar-refractivity contribution in [2.45, 2.75) is 4.90 Å². The summed E-state index contributed by atoms with van der Waals surface area (Å²) in [4.78, 5) is 14.2. The molecule has 2 aromatic carbocycles. The number of hydrogen-bond acceptors (Lipinski definition) is 6. The van der Waals surface area contributed by atoms with Gasteiger partial charge in [-0.15, -0.1) is 0 Å². The molecular formula is C21H17FN4O4S. The van der Waals surface area contributed by atoms with Crippen LogP contribution in [0.5, 0.6) is 0 Å². The molecule has 8 nitrogen and oxygen atoms in total. The van der Waals surface area contributed by atoms with Crippen molar-refractivity contribution in [1.29, 1.82) is 5.26 Å². The number of benzene rings is 2. The van der Waals surface area contributed by atoms with Crippen LogP contribution in [0.15, 0.2) is 64.0 Å². The van der Waals surface area contributed by atoms with E-state index in [4.69, 9.17) is 4.52 Å². The van der Waals surface area contributed by atoms with Gasteiger partial charge in [0.05, 0.1) is 16.0 Å². The largest absolute Gasteiger partial charge is 0.355 e. The van der Waals surface area contributed by atoms with Gasteiger partial charge in [-0.25, -0.2) is 12.8 Å². The van der Waals surface area contributed by atoms with Crippen LogP contribution in [0.1, 0.15) is 16.1 Å². The summed E-state index contributed by atoms with van der Waals surface area (Å²) >= 11 is 0. The fourth-order valence-corrected chi connectivity index (χ4v) is 4.94. The normalized spacial score (nSPS) is 14.9. The number of carbonyl (C=O) groups excluding carboxylic acids is 1. The first-order valence-corrected chi connectivity index (χ1v) is 10.9. The van der Waals surface area contributed by atoms with Crippen molar-refractivity contribution >= 4 is 15.9 Å². The molecule has 158 valence electrons. The smallest absolute Gasteiger partial charge is 0.276 e. The minimum atomic E-state index is -3.86. The number of nitriles is 1. The number of piperazine rings is 1. The number of hydrogen-bond donors (Lipinski definition) is 0. The lowest BCUT2D eigenvalue weighted by atomic mass is 10.1. The quantitative estimate of drug-likeness (QED) is 0.617. The lowest BCUT2D eigenvalue weighted by Gasteiger charge is -2.33. The maximum Gasteiger partial charge on any atom is 0.276 e. The summed E-state index contributed by atoms with van der Waals surface area (Å²) in [7, 11) is -3.86. The van der Waals surface area contributed by atoms with Gasteiger partial charge >= 0.3 is 0 Å². The summed E-state index contributed by atoms with van der Waals surface area (Å²) in [6, 6.07) is 15.3. The highest BCUT2D eigenvalue weighted by Crippen LogP contribution is 2.25. The van der Waals surface area contributed by atoms with Crippen molar-refractivity contribution < 1.29 is 22.1 Å². The van der Waals surface area contributed by atoms with Crippen LogP contribution < -0.4 is 0 Å². The van der Waals surface area contributed by atoms with Crippen molar-refractivity contribution in [3.05, 3.63) is 71.7 Å². The summed E-state index contributed by atoms with van der Waals surface area (Å²) in [5.74, 6) is -0.786. The molecule has 1 aliphatic heterocycles. The van der Waals surface area contributed by atoms with Crippen LogP contribution in [-0.4, -0.2) is 54.9 Å². The minimum Gasteiger partial charge on any atom is -0.355 e. The maximum atomic E-state index is 13.9. The van der Waals surface area contributed by atoms with Crippen molar-refractivity contribution in [2.75, 3.05) is 26.2 Å². The van der Waals surface area contributed by atoms with E-state index in [2.05, 4.69) is 5.16 Å². The first-order chi connectivity index (χ1) is 14.9. The van der Waals surface area contributed by atoms with Gasteiger partial charge in [0, 0.05) is 32.2 Å². The van der Waals surface area contributed by atoms with Crippen molar-refractivity contribution in [2.24, 2.45) is 0 Å². The van der Waals surface area contributed by atoms with Crippen LogP contribution in [0.4, 0.5) is 4.39 Å². The Morgan fingerprint density at radius 1 is 1.06 bits per heavy atom. The molecule has 1 aliphatic rings. The molecule has 1 amide bonds. The average Bonchev–Trinajstić information content (AvgIpc) is 3.29. The molecule has 4 rings (SSSR count). The Hall–Kier alpha value is -3.55. The second kappa shape index (κ2) is 8.29. The van der Waals surface area contributed by atoms with Crippen LogP contribution in [0.3, 0.4) is 0 Å². The monoisotopic (exact) mass is 440 g/mol. The SMILES string of the molecule is N#Cc1ccccc1S(=O)(=O)N1CCN(C(=O)c2cc(-c3ccccc3F)on2)CC1. The molecule has 31 heavy (non-hydrogen) atoms. The van der Waals surface area contributed by atoms with E-state index in [-0.39, 0.29) is 53.7 Å². The van der Waals surface area contributed by atoms with E-state index in [1.807, 2.05) is 6.07 Å². The highest BCUT2D eigenvalue weighted by molar-refractivity contribution is 7.89. The van der Waals surface area contributed by atoms with Gasteiger partial charge in [-0.1, -0.05) is 29.4 Å². The van der Waals surface area contributed by atoms with E-state index in [9.17, 15) is 22.9 Å². The number of halogens is 1. The first-order valence-electron chi connectivity index (χ1n) is 9.42. The Balaban J connectivity index is 1.46. The zero-order valence-electron chi connectivity index (χ0n) is 16.2. The Morgan fingerprint density at radius 2 is 1.74 bits per heavy atom. The molecule has 1 fully saturated rings. The molecule has 3 aromatic rings. The summed E-state index contributed by atoms with van der Waals surface area (Å²) in [5, 5.41) is 12.9. The third kappa shape index (κ3) is 3.93. The molecule has 0 bridgehead atoms. The van der Waals surface area contributed by atoms with Crippen LogP contribution in [0.25, 0.3) is 11.3 Å². The van der Waals surface area contributed by atoms with Gasteiger partial charge in [0.15, 0.2) is 11.5 Å². The predicted molar refractivity (Wildman–Crippen MR) is 108 cm³/mol. The van der Waals surface area contributed by atoms with E-state index in [0.29, 0.717) is 0 Å². The number of amides is 1. The fraction of sp³-hybridized carbons (Fsp3) is 0.190. The van der Waals surface area contributed by atoms with Crippen molar-refractivity contribution in [3.8, 4) is 17.4 Å². The molecule has 1 saturated heterocycles. The van der Waals surface area contributed by atoms with Gasteiger partial charge in [-0.05, 0) is 24.3 Å². The highest BCUT2D eigenvalue weighted by Gasteiger charge is 2.32. The molecular weight excluding hydrogens is 423 g/mol. The number of sulfonamides is 1. The van der Waals surface area contributed by atoms with Crippen LogP contribution in [0, 0.1) is 17.1 Å².